The molecule has 1 saturated heterocycles. The van der Waals surface area contributed by atoms with Crippen LogP contribution < -0.4 is 5.73 Å². The van der Waals surface area contributed by atoms with Crippen molar-refractivity contribution in [1.82, 2.24) is 4.90 Å². The van der Waals surface area contributed by atoms with E-state index in [1.165, 1.54) is 6.42 Å². The number of likely N-dealkylation sites (N-methyl/N-ethyl adjacent to an activating group) is 1. The standard InChI is InChI=1S/C13H28N2O/c1-5-15(6-2)13(3,4)12(14)11-8-7-9-16-10-11/h11-12H,5-10,14H2,1-4H3. The van der Waals surface area contributed by atoms with Crippen LogP contribution in [0.3, 0.4) is 0 Å². The van der Waals surface area contributed by atoms with E-state index in [1.54, 1.807) is 0 Å². The summed E-state index contributed by atoms with van der Waals surface area (Å²) in [5.74, 6) is 0.518. The average molecular weight is 228 g/mol. The maximum absolute atomic E-state index is 6.46. The van der Waals surface area contributed by atoms with Crippen molar-refractivity contribution in [2.75, 3.05) is 26.3 Å². The molecule has 0 aromatic rings. The minimum Gasteiger partial charge on any atom is -0.381 e. The zero-order chi connectivity index (χ0) is 12.2. The number of ether oxygens (including phenoxy) is 1. The molecule has 96 valence electrons. The minimum atomic E-state index is 0.0644. The molecule has 0 bridgehead atoms. The van der Waals surface area contributed by atoms with Gasteiger partial charge in [-0.25, -0.2) is 0 Å². The Balaban J connectivity index is 2.64. The molecular formula is C13H28N2O. The van der Waals surface area contributed by atoms with Crippen molar-refractivity contribution >= 4 is 0 Å². The molecule has 0 aromatic carbocycles. The van der Waals surface area contributed by atoms with Gasteiger partial charge in [0.25, 0.3) is 0 Å². The highest BCUT2D eigenvalue weighted by Crippen LogP contribution is 2.27. The van der Waals surface area contributed by atoms with Crippen molar-refractivity contribution in [3.8, 4) is 0 Å². The molecule has 16 heavy (non-hydrogen) atoms. The van der Waals surface area contributed by atoms with Crippen molar-refractivity contribution < 1.29 is 4.74 Å². The lowest BCUT2D eigenvalue weighted by Gasteiger charge is -2.45. The summed E-state index contributed by atoms with van der Waals surface area (Å²) in [6, 6.07) is 0.202. The topological polar surface area (TPSA) is 38.5 Å². The van der Waals surface area contributed by atoms with Gasteiger partial charge in [0.15, 0.2) is 0 Å². The Labute approximate surface area is 100 Å². The predicted molar refractivity (Wildman–Crippen MR) is 68.5 cm³/mol. The quantitative estimate of drug-likeness (QED) is 0.780. The third-order valence-corrected chi connectivity index (χ3v) is 4.10. The molecule has 1 aliphatic heterocycles. The lowest BCUT2D eigenvalue weighted by Crippen LogP contribution is -2.59. The van der Waals surface area contributed by atoms with Gasteiger partial charge in [0.2, 0.25) is 0 Å². The number of nitrogens with zero attached hydrogens (tertiary/aromatic N) is 1. The second-order valence-electron chi connectivity index (χ2n) is 5.33. The molecule has 2 N–H and O–H groups in total. The number of rotatable bonds is 5. The van der Waals surface area contributed by atoms with Gasteiger partial charge in [-0.05, 0) is 45.7 Å². The van der Waals surface area contributed by atoms with Gasteiger partial charge < -0.3 is 10.5 Å². The van der Waals surface area contributed by atoms with Crippen LogP contribution in [0.5, 0.6) is 0 Å². The highest BCUT2D eigenvalue weighted by atomic mass is 16.5. The highest BCUT2D eigenvalue weighted by Gasteiger charge is 2.37. The van der Waals surface area contributed by atoms with Crippen molar-refractivity contribution in [3.05, 3.63) is 0 Å². The van der Waals surface area contributed by atoms with Crippen LogP contribution in [0.25, 0.3) is 0 Å². The SMILES string of the molecule is CCN(CC)C(C)(C)C(N)C1CCCOC1. The molecule has 3 heteroatoms. The first-order valence-electron chi connectivity index (χ1n) is 6.62. The van der Waals surface area contributed by atoms with Gasteiger partial charge in [0, 0.05) is 18.2 Å². The smallest absolute Gasteiger partial charge is 0.0509 e. The first-order valence-corrected chi connectivity index (χ1v) is 6.62. The third-order valence-electron chi connectivity index (χ3n) is 4.10. The van der Waals surface area contributed by atoms with Gasteiger partial charge >= 0.3 is 0 Å². The van der Waals surface area contributed by atoms with Crippen LogP contribution in [0, 0.1) is 5.92 Å². The van der Waals surface area contributed by atoms with E-state index >= 15 is 0 Å². The van der Waals surface area contributed by atoms with Gasteiger partial charge in [0.05, 0.1) is 6.61 Å². The lowest BCUT2D eigenvalue weighted by molar-refractivity contribution is 0.00577. The van der Waals surface area contributed by atoms with Crippen molar-refractivity contribution in [2.45, 2.75) is 52.1 Å². The summed E-state index contributed by atoms with van der Waals surface area (Å²) in [7, 11) is 0. The summed E-state index contributed by atoms with van der Waals surface area (Å²) in [6.07, 6.45) is 2.37. The predicted octanol–water partition coefficient (Wildman–Crippen LogP) is 1.86. The number of hydrogen-bond donors (Lipinski definition) is 1. The van der Waals surface area contributed by atoms with E-state index in [-0.39, 0.29) is 11.6 Å². The van der Waals surface area contributed by atoms with E-state index in [4.69, 9.17) is 10.5 Å². The van der Waals surface area contributed by atoms with Crippen molar-refractivity contribution in [2.24, 2.45) is 11.7 Å². The molecule has 1 fully saturated rings. The van der Waals surface area contributed by atoms with Crippen molar-refractivity contribution in [3.63, 3.8) is 0 Å². The van der Waals surface area contributed by atoms with E-state index in [0.29, 0.717) is 5.92 Å². The zero-order valence-corrected chi connectivity index (χ0v) is 11.3. The maximum Gasteiger partial charge on any atom is 0.0509 e. The minimum absolute atomic E-state index is 0.0644. The van der Waals surface area contributed by atoms with E-state index < -0.39 is 0 Å². The fraction of sp³-hybridized carbons (Fsp3) is 1.00. The Morgan fingerprint density at radius 2 is 2.00 bits per heavy atom. The van der Waals surface area contributed by atoms with Crippen LogP contribution in [0.15, 0.2) is 0 Å². The molecule has 0 aromatic heterocycles. The molecule has 0 spiro atoms. The second-order valence-corrected chi connectivity index (χ2v) is 5.33. The van der Waals surface area contributed by atoms with Crippen LogP contribution in [0.2, 0.25) is 0 Å². The van der Waals surface area contributed by atoms with Crippen LogP contribution >= 0.6 is 0 Å². The maximum atomic E-state index is 6.46. The Morgan fingerprint density at radius 1 is 1.38 bits per heavy atom. The Morgan fingerprint density at radius 3 is 2.44 bits per heavy atom. The normalized spacial score (nSPS) is 24.8. The van der Waals surface area contributed by atoms with E-state index in [2.05, 4.69) is 32.6 Å². The monoisotopic (exact) mass is 228 g/mol. The average Bonchev–Trinajstić information content (AvgIpc) is 2.30. The summed E-state index contributed by atoms with van der Waals surface area (Å²) in [6.45, 7) is 12.8. The Kier molecular flexibility index (Phi) is 5.22. The Hall–Kier alpha value is -0.120. The summed E-state index contributed by atoms with van der Waals surface area (Å²) in [5.41, 5.74) is 6.52. The summed E-state index contributed by atoms with van der Waals surface area (Å²) >= 11 is 0. The van der Waals surface area contributed by atoms with Crippen LogP contribution in [-0.2, 0) is 4.74 Å². The van der Waals surface area contributed by atoms with Gasteiger partial charge in [-0.3, -0.25) is 4.90 Å². The number of hydrogen-bond acceptors (Lipinski definition) is 3. The molecule has 3 nitrogen and oxygen atoms in total. The molecular weight excluding hydrogens is 200 g/mol. The number of nitrogens with two attached hydrogens (primary N) is 1. The van der Waals surface area contributed by atoms with E-state index in [0.717, 1.165) is 32.7 Å². The summed E-state index contributed by atoms with van der Waals surface area (Å²) < 4.78 is 5.55. The second kappa shape index (κ2) is 5.99. The molecule has 1 aliphatic rings. The highest BCUT2D eigenvalue weighted by molar-refractivity contribution is 4.95. The largest absolute Gasteiger partial charge is 0.381 e. The lowest BCUT2D eigenvalue weighted by atomic mass is 9.81. The van der Waals surface area contributed by atoms with Crippen LogP contribution in [0.4, 0.5) is 0 Å². The van der Waals surface area contributed by atoms with E-state index in [1.807, 2.05) is 0 Å². The van der Waals surface area contributed by atoms with Gasteiger partial charge in [-0.15, -0.1) is 0 Å². The van der Waals surface area contributed by atoms with Gasteiger partial charge in [-0.1, -0.05) is 13.8 Å². The van der Waals surface area contributed by atoms with Crippen molar-refractivity contribution in [1.29, 1.82) is 0 Å². The Bertz CT molecular complexity index is 196. The fourth-order valence-corrected chi connectivity index (χ4v) is 2.88. The summed E-state index contributed by atoms with van der Waals surface area (Å²) in [5, 5.41) is 0. The molecule has 2 atom stereocenters. The first-order chi connectivity index (χ1) is 7.54. The van der Waals surface area contributed by atoms with Gasteiger partial charge in [-0.2, -0.15) is 0 Å². The van der Waals surface area contributed by atoms with E-state index in [9.17, 15) is 0 Å². The zero-order valence-electron chi connectivity index (χ0n) is 11.3. The molecule has 0 radical (unpaired) electrons. The first kappa shape index (κ1) is 13.9. The molecule has 1 heterocycles. The fourth-order valence-electron chi connectivity index (χ4n) is 2.88. The molecule has 0 saturated carbocycles. The summed E-state index contributed by atoms with van der Waals surface area (Å²) in [4.78, 5) is 2.45. The molecule has 0 aliphatic carbocycles. The van der Waals surface area contributed by atoms with Crippen LogP contribution in [0.1, 0.15) is 40.5 Å². The van der Waals surface area contributed by atoms with Crippen LogP contribution in [-0.4, -0.2) is 42.8 Å². The molecule has 0 amide bonds. The third kappa shape index (κ3) is 2.96. The van der Waals surface area contributed by atoms with Gasteiger partial charge in [0.1, 0.15) is 0 Å². The molecule has 2 unspecified atom stereocenters. The molecule has 1 rings (SSSR count).